The zero-order valence-electron chi connectivity index (χ0n) is 12.9. The number of aryl methyl sites for hydroxylation is 2. The van der Waals surface area contributed by atoms with E-state index in [0.29, 0.717) is 11.3 Å². The molecule has 2 aromatic rings. The van der Waals surface area contributed by atoms with Crippen molar-refractivity contribution in [2.24, 2.45) is 7.05 Å². The van der Waals surface area contributed by atoms with E-state index in [-0.39, 0.29) is 11.9 Å². The van der Waals surface area contributed by atoms with Crippen LogP contribution in [0.3, 0.4) is 0 Å². The predicted octanol–water partition coefficient (Wildman–Crippen LogP) is 1.95. The summed E-state index contributed by atoms with van der Waals surface area (Å²) in [5, 5.41) is 11.8. The summed E-state index contributed by atoms with van der Waals surface area (Å²) >= 11 is 0. The van der Waals surface area contributed by atoms with E-state index in [1.165, 1.54) is 0 Å². The first-order chi connectivity index (χ1) is 11.1. The highest BCUT2D eigenvalue weighted by Gasteiger charge is 2.23. The number of benzene rings is 1. The molecule has 1 aromatic carbocycles. The van der Waals surface area contributed by atoms with Gasteiger partial charge in [-0.05, 0) is 54.7 Å². The number of nitrogens with one attached hydrogen (secondary N) is 2. The van der Waals surface area contributed by atoms with Crippen molar-refractivity contribution in [3.05, 3.63) is 58.9 Å². The summed E-state index contributed by atoms with van der Waals surface area (Å²) in [6, 6.07) is 8.86. The van der Waals surface area contributed by atoms with Crippen LogP contribution >= 0.6 is 0 Å². The summed E-state index contributed by atoms with van der Waals surface area (Å²) in [4.78, 5) is 23.9. The van der Waals surface area contributed by atoms with E-state index >= 15 is 0 Å². The van der Waals surface area contributed by atoms with Crippen molar-refractivity contribution in [1.82, 2.24) is 15.4 Å². The molecule has 1 aliphatic carbocycles. The third-order valence-corrected chi connectivity index (χ3v) is 4.30. The van der Waals surface area contributed by atoms with E-state index in [4.69, 9.17) is 5.21 Å². The van der Waals surface area contributed by atoms with Gasteiger partial charge in [-0.3, -0.25) is 14.8 Å². The van der Waals surface area contributed by atoms with Crippen molar-refractivity contribution < 1.29 is 14.8 Å². The van der Waals surface area contributed by atoms with Crippen molar-refractivity contribution in [3.8, 4) is 0 Å². The minimum atomic E-state index is -0.525. The van der Waals surface area contributed by atoms with Crippen LogP contribution in [0, 0.1) is 0 Å². The Morgan fingerprint density at radius 2 is 2.09 bits per heavy atom. The molecular formula is C17H19N3O3. The molecule has 0 bridgehead atoms. The Bertz CT molecular complexity index is 751. The van der Waals surface area contributed by atoms with Gasteiger partial charge in [0.2, 0.25) is 0 Å². The second-order valence-electron chi connectivity index (χ2n) is 5.78. The molecule has 6 nitrogen and oxygen atoms in total. The van der Waals surface area contributed by atoms with Gasteiger partial charge in [0, 0.05) is 18.8 Å². The lowest BCUT2D eigenvalue weighted by Gasteiger charge is -2.27. The van der Waals surface area contributed by atoms with Gasteiger partial charge in [-0.1, -0.05) is 6.07 Å². The number of hydrogen-bond donors (Lipinski definition) is 3. The zero-order chi connectivity index (χ0) is 16.4. The molecule has 0 saturated heterocycles. The van der Waals surface area contributed by atoms with Gasteiger partial charge in [-0.2, -0.15) is 0 Å². The average Bonchev–Trinajstić information content (AvgIpc) is 3.00. The molecular weight excluding hydrogens is 294 g/mol. The van der Waals surface area contributed by atoms with Crippen molar-refractivity contribution in [1.29, 1.82) is 0 Å². The summed E-state index contributed by atoms with van der Waals surface area (Å²) < 4.78 is 1.79. The third kappa shape index (κ3) is 2.98. The number of amides is 2. The van der Waals surface area contributed by atoms with Crippen LogP contribution in [-0.4, -0.2) is 21.6 Å². The van der Waals surface area contributed by atoms with Crippen LogP contribution < -0.4 is 10.8 Å². The maximum absolute atomic E-state index is 12.4. The molecule has 6 heteroatoms. The smallest absolute Gasteiger partial charge is 0.274 e. The van der Waals surface area contributed by atoms with Crippen molar-refractivity contribution in [2.45, 2.75) is 25.3 Å². The second kappa shape index (κ2) is 6.26. The zero-order valence-corrected chi connectivity index (χ0v) is 12.9. The number of carbonyl (C=O) groups is 2. The number of carbonyl (C=O) groups excluding carboxylic acids is 2. The quantitative estimate of drug-likeness (QED) is 0.598. The summed E-state index contributed by atoms with van der Waals surface area (Å²) in [5.41, 5.74) is 4.75. The van der Waals surface area contributed by atoms with E-state index in [9.17, 15) is 9.59 Å². The monoisotopic (exact) mass is 313 g/mol. The fourth-order valence-electron chi connectivity index (χ4n) is 3.10. The first-order valence-electron chi connectivity index (χ1n) is 7.59. The molecule has 3 rings (SSSR count). The number of fused-ring (bicyclic) bond motifs is 1. The molecule has 23 heavy (non-hydrogen) atoms. The van der Waals surface area contributed by atoms with Gasteiger partial charge in [0.25, 0.3) is 11.8 Å². The maximum Gasteiger partial charge on any atom is 0.274 e. The first kappa shape index (κ1) is 15.3. The molecule has 1 atom stereocenters. The van der Waals surface area contributed by atoms with Gasteiger partial charge in [0.05, 0.1) is 6.04 Å². The topological polar surface area (TPSA) is 83.4 Å². The number of hydrogen-bond acceptors (Lipinski definition) is 3. The number of aromatic nitrogens is 1. The molecule has 1 aromatic heterocycles. The molecule has 1 heterocycles. The van der Waals surface area contributed by atoms with Gasteiger partial charge in [-0.25, -0.2) is 5.48 Å². The highest BCUT2D eigenvalue weighted by atomic mass is 16.5. The Kier molecular flexibility index (Phi) is 4.16. The average molecular weight is 313 g/mol. The van der Waals surface area contributed by atoms with E-state index in [1.807, 2.05) is 25.4 Å². The molecule has 0 fully saturated rings. The van der Waals surface area contributed by atoms with E-state index in [0.717, 1.165) is 30.4 Å². The van der Waals surface area contributed by atoms with Gasteiger partial charge < -0.3 is 9.88 Å². The normalized spacial score (nSPS) is 16.5. The van der Waals surface area contributed by atoms with Gasteiger partial charge >= 0.3 is 0 Å². The van der Waals surface area contributed by atoms with Crippen molar-refractivity contribution in [2.75, 3.05) is 0 Å². The molecule has 3 N–H and O–H groups in total. The lowest BCUT2D eigenvalue weighted by molar-refractivity contribution is 0.0706. The second-order valence-corrected chi connectivity index (χ2v) is 5.78. The maximum atomic E-state index is 12.4. The summed E-state index contributed by atoms with van der Waals surface area (Å²) in [5.74, 6) is -0.629. The fourth-order valence-corrected chi connectivity index (χ4v) is 3.10. The largest absolute Gasteiger partial charge is 0.347 e. The van der Waals surface area contributed by atoms with Gasteiger partial charge in [-0.15, -0.1) is 0 Å². The van der Waals surface area contributed by atoms with Crippen LogP contribution in [0.25, 0.3) is 0 Å². The Morgan fingerprint density at radius 3 is 2.78 bits per heavy atom. The fraction of sp³-hybridized carbons (Fsp3) is 0.294. The number of nitrogens with zero attached hydrogens (tertiary/aromatic N) is 1. The summed E-state index contributed by atoms with van der Waals surface area (Å²) in [6.45, 7) is 0. The van der Waals surface area contributed by atoms with E-state index in [1.54, 1.807) is 28.2 Å². The molecule has 0 aliphatic heterocycles. The molecule has 2 amide bonds. The van der Waals surface area contributed by atoms with Gasteiger partial charge in [0.15, 0.2) is 0 Å². The lowest BCUT2D eigenvalue weighted by atomic mass is 9.86. The highest BCUT2D eigenvalue weighted by molar-refractivity contribution is 5.94. The van der Waals surface area contributed by atoms with Crippen LogP contribution in [0.1, 0.15) is 50.9 Å². The first-order valence-corrected chi connectivity index (χ1v) is 7.59. The minimum absolute atomic E-state index is 0.0626. The number of hydroxylamine groups is 1. The van der Waals surface area contributed by atoms with E-state index < -0.39 is 5.91 Å². The Labute approximate surface area is 134 Å². The van der Waals surface area contributed by atoms with Crippen LogP contribution in [0.15, 0.2) is 36.5 Å². The summed E-state index contributed by atoms with van der Waals surface area (Å²) in [6.07, 6.45) is 4.51. The Balaban J connectivity index is 1.83. The highest BCUT2D eigenvalue weighted by Crippen LogP contribution is 2.30. The third-order valence-electron chi connectivity index (χ3n) is 4.30. The van der Waals surface area contributed by atoms with Crippen molar-refractivity contribution in [3.63, 3.8) is 0 Å². The van der Waals surface area contributed by atoms with Gasteiger partial charge in [0.1, 0.15) is 5.69 Å². The van der Waals surface area contributed by atoms with E-state index in [2.05, 4.69) is 5.32 Å². The lowest BCUT2D eigenvalue weighted by Crippen LogP contribution is -2.32. The molecule has 120 valence electrons. The Morgan fingerprint density at radius 1 is 1.26 bits per heavy atom. The van der Waals surface area contributed by atoms with Crippen LogP contribution in [-0.2, 0) is 13.5 Å². The SMILES string of the molecule is Cn1cccc1C(=O)N[C@@H]1CCCc2cc(C(=O)NO)ccc21. The molecule has 0 unspecified atom stereocenters. The van der Waals surface area contributed by atoms with Crippen LogP contribution in [0.4, 0.5) is 0 Å². The number of rotatable bonds is 3. The van der Waals surface area contributed by atoms with Crippen LogP contribution in [0.5, 0.6) is 0 Å². The molecule has 0 saturated carbocycles. The van der Waals surface area contributed by atoms with Crippen molar-refractivity contribution >= 4 is 11.8 Å². The minimum Gasteiger partial charge on any atom is -0.347 e. The molecule has 0 spiro atoms. The molecule has 1 aliphatic rings. The molecule has 0 radical (unpaired) electrons. The van der Waals surface area contributed by atoms with Crippen LogP contribution in [0.2, 0.25) is 0 Å². The Hall–Kier alpha value is -2.60. The summed E-state index contributed by atoms with van der Waals surface area (Å²) in [7, 11) is 1.84. The predicted molar refractivity (Wildman–Crippen MR) is 84.3 cm³/mol. The standard InChI is InChI=1S/C17H19N3O3/c1-20-9-3-6-15(20)17(22)18-14-5-2-4-11-10-12(16(21)19-23)7-8-13(11)14/h3,6-10,14,23H,2,4-5H2,1H3,(H,18,22)(H,19,21)/t14-/m1/s1.